The smallest absolute Gasteiger partial charge is 0.0576 e. The Balaban J connectivity index is 3.52. The van der Waals surface area contributed by atoms with E-state index < -0.39 is 0 Å². The van der Waals surface area contributed by atoms with E-state index in [0.717, 1.165) is 19.5 Å². The summed E-state index contributed by atoms with van der Waals surface area (Å²) in [4.78, 5) is 0. The van der Waals surface area contributed by atoms with Gasteiger partial charge in [-0.25, -0.2) is 0 Å². The van der Waals surface area contributed by atoms with Crippen LogP contribution in [0, 0.1) is 0 Å². The largest absolute Gasteiger partial charge is 0.298 e. The summed E-state index contributed by atoms with van der Waals surface area (Å²) in [6.07, 6.45) is 6.46. The van der Waals surface area contributed by atoms with E-state index in [1.54, 1.807) is 0 Å². The van der Waals surface area contributed by atoms with Crippen LogP contribution in [0.25, 0.3) is 0 Å². The first-order valence-corrected chi connectivity index (χ1v) is 4.53. The SMILES string of the molecule is C=CCNC(CCC)NCC=C. The van der Waals surface area contributed by atoms with Gasteiger partial charge in [-0.05, 0) is 6.42 Å². The zero-order chi connectivity index (χ0) is 9.23. The summed E-state index contributed by atoms with van der Waals surface area (Å²) < 4.78 is 0. The van der Waals surface area contributed by atoms with Gasteiger partial charge in [0.1, 0.15) is 0 Å². The highest BCUT2D eigenvalue weighted by Crippen LogP contribution is 1.92. The van der Waals surface area contributed by atoms with E-state index in [9.17, 15) is 0 Å². The molecule has 0 unspecified atom stereocenters. The minimum absolute atomic E-state index is 0.394. The monoisotopic (exact) mass is 168 g/mol. The normalized spacial score (nSPS) is 10.2. The van der Waals surface area contributed by atoms with E-state index in [1.165, 1.54) is 6.42 Å². The Kier molecular flexibility index (Phi) is 8.07. The van der Waals surface area contributed by atoms with Crippen LogP contribution >= 0.6 is 0 Å². The lowest BCUT2D eigenvalue weighted by Gasteiger charge is -2.17. The second-order valence-corrected chi connectivity index (χ2v) is 2.74. The molecule has 0 saturated heterocycles. The molecule has 0 aliphatic rings. The van der Waals surface area contributed by atoms with Crippen molar-refractivity contribution < 1.29 is 0 Å². The van der Waals surface area contributed by atoms with E-state index in [4.69, 9.17) is 0 Å². The van der Waals surface area contributed by atoms with Crippen LogP contribution in [0.2, 0.25) is 0 Å². The second kappa shape index (κ2) is 8.50. The zero-order valence-electron chi connectivity index (χ0n) is 7.97. The number of nitrogens with one attached hydrogen (secondary N) is 2. The Labute approximate surface area is 75.7 Å². The molecule has 0 rings (SSSR count). The van der Waals surface area contributed by atoms with E-state index in [0.29, 0.717) is 6.17 Å². The molecule has 0 aromatic carbocycles. The van der Waals surface area contributed by atoms with Crippen LogP contribution in [0.4, 0.5) is 0 Å². The van der Waals surface area contributed by atoms with Gasteiger partial charge in [0, 0.05) is 13.1 Å². The molecule has 0 fully saturated rings. The summed E-state index contributed by atoms with van der Waals surface area (Å²) in [5, 5.41) is 6.66. The van der Waals surface area contributed by atoms with Crippen LogP contribution in [-0.2, 0) is 0 Å². The molecule has 2 nitrogen and oxygen atoms in total. The number of rotatable bonds is 8. The highest BCUT2D eigenvalue weighted by Gasteiger charge is 2.01. The minimum atomic E-state index is 0.394. The lowest BCUT2D eigenvalue weighted by molar-refractivity contribution is 0.429. The number of hydrogen-bond acceptors (Lipinski definition) is 2. The van der Waals surface area contributed by atoms with Gasteiger partial charge in [-0.2, -0.15) is 0 Å². The molecule has 0 spiro atoms. The van der Waals surface area contributed by atoms with Gasteiger partial charge >= 0.3 is 0 Å². The van der Waals surface area contributed by atoms with Crippen molar-refractivity contribution in [3.8, 4) is 0 Å². The van der Waals surface area contributed by atoms with Crippen LogP contribution in [0.3, 0.4) is 0 Å². The maximum absolute atomic E-state index is 3.66. The molecule has 0 atom stereocenters. The van der Waals surface area contributed by atoms with Crippen molar-refractivity contribution in [3.05, 3.63) is 25.3 Å². The van der Waals surface area contributed by atoms with E-state index in [-0.39, 0.29) is 0 Å². The fourth-order valence-corrected chi connectivity index (χ4v) is 1.02. The molecule has 2 N–H and O–H groups in total. The van der Waals surface area contributed by atoms with Crippen molar-refractivity contribution >= 4 is 0 Å². The first kappa shape index (κ1) is 11.4. The van der Waals surface area contributed by atoms with Gasteiger partial charge in [0.05, 0.1) is 6.17 Å². The first-order valence-electron chi connectivity index (χ1n) is 4.53. The van der Waals surface area contributed by atoms with Gasteiger partial charge in [0.2, 0.25) is 0 Å². The van der Waals surface area contributed by atoms with Crippen molar-refractivity contribution in [3.63, 3.8) is 0 Å². The second-order valence-electron chi connectivity index (χ2n) is 2.74. The predicted molar refractivity (Wildman–Crippen MR) is 55.1 cm³/mol. The molecule has 12 heavy (non-hydrogen) atoms. The highest BCUT2D eigenvalue weighted by molar-refractivity contribution is 4.77. The maximum Gasteiger partial charge on any atom is 0.0576 e. The lowest BCUT2D eigenvalue weighted by atomic mass is 10.2. The minimum Gasteiger partial charge on any atom is -0.298 e. The topological polar surface area (TPSA) is 24.1 Å². The van der Waals surface area contributed by atoms with Gasteiger partial charge < -0.3 is 0 Å². The van der Waals surface area contributed by atoms with Crippen LogP contribution < -0.4 is 10.6 Å². The molecule has 0 aromatic heterocycles. The van der Waals surface area contributed by atoms with E-state index in [2.05, 4.69) is 30.7 Å². The molecule has 2 heteroatoms. The van der Waals surface area contributed by atoms with Gasteiger partial charge in [0.25, 0.3) is 0 Å². The van der Waals surface area contributed by atoms with Crippen molar-refractivity contribution in [2.45, 2.75) is 25.9 Å². The average Bonchev–Trinajstić information content (AvgIpc) is 2.10. The quantitative estimate of drug-likeness (QED) is 0.425. The fourth-order valence-electron chi connectivity index (χ4n) is 1.02. The average molecular weight is 168 g/mol. The Morgan fingerprint density at radius 3 is 2.00 bits per heavy atom. The Morgan fingerprint density at radius 1 is 1.17 bits per heavy atom. The third-order valence-corrected chi connectivity index (χ3v) is 1.59. The molecule has 0 radical (unpaired) electrons. The van der Waals surface area contributed by atoms with Gasteiger partial charge in [-0.15, -0.1) is 13.2 Å². The van der Waals surface area contributed by atoms with E-state index in [1.807, 2.05) is 12.2 Å². The van der Waals surface area contributed by atoms with Crippen LogP contribution in [0.15, 0.2) is 25.3 Å². The van der Waals surface area contributed by atoms with Crippen molar-refractivity contribution in [1.82, 2.24) is 10.6 Å². The standard InChI is InChI=1S/C10H20N2/c1-4-7-10(11-8-5-2)12-9-6-3/h5-6,10-12H,2-4,7-9H2,1H3. The molecule has 70 valence electrons. The van der Waals surface area contributed by atoms with Crippen molar-refractivity contribution in [2.24, 2.45) is 0 Å². The fraction of sp³-hybridized carbons (Fsp3) is 0.600. The van der Waals surface area contributed by atoms with Crippen LogP contribution in [0.1, 0.15) is 19.8 Å². The predicted octanol–water partition coefficient (Wildman–Crippen LogP) is 1.66. The van der Waals surface area contributed by atoms with Gasteiger partial charge in [0.15, 0.2) is 0 Å². The highest BCUT2D eigenvalue weighted by atomic mass is 15.1. The third kappa shape index (κ3) is 6.13. The summed E-state index contributed by atoms with van der Waals surface area (Å²) in [6.45, 7) is 11.2. The molecular weight excluding hydrogens is 148 g/mol. The third-order valence-electron chi connectivity index (χ3n) is 1.59. The summed E-state index contributed by atoms with van der Waals surface area (Å²) in [6, 6.07) is 0. The molecule has 0 aliphatic carbocycles. The van der Waals surface area contributed by atoms with Crippen LogP contribution in [0.5, 0.6) is 0 Å². The number of hydrogen-bond donors (Lipinski definition) is 2. The summed E-state index contributed by atoms with van der Waals surface area (Å²) in [7, 11) is 0. The molecule has 0 bridgehead atoms. The molecule has 0 amide bonds. The summed E-state index contributed by atoms with van der Waals surface area (Å²) in [5.41, 5.74) is 0. The molecule has 0 aliphatic heterocycles. The maximum atomic E-state index is 3.66. The molecule has 0 heterocycles. The summed E-state index contributed by atoms with van der Waals surface area (Å²) >= 11 is 0. The van der Waals surface area contributed by atoms with Gasteiger partial charge in [-0.1, -0.05) is 25.5 Å². The molecule has 0 aromatic rings. The Morgan fingerprint density at radius 2 is 1.67 bits per heavy atom. The molecular formula is C10H20N2. The van der Waals surface area contributed by atoms with Gasteiger partial charge in [-0.3, -0.25) is 10.6 Å². The van der Waals surface area contributed by atoms with E-state index >= 15 is 0 Å². The Hall–Kier alpha value is -0.600. The Bertz CT molecular complexity index is 109. The molecule has 0 saturated carbocycles. The van der Waals surface area contributed by atoms with Crippen LogP contribution in [-0.4, -0.2) is 19.3 Å². The first-order chi connectivity index (χ1) is 5.85. The summed E-state index contributed by atoms with van der Waals surface area (Å²) in [5.74, 6) is 0. The van der Waals surface area contributed by atoms with Crippen molar-refractivity contribution in [1.29, 1.82) is 0 Å². The van der Waals surface area contributed by atoms with Crippen molar-refractivity contribution in [2.75, 3.05) is 13.1 Å². The zero-order valence-corrected chi connectivity index (χ0v) is 7.97. The lowest BCUT2D eigenvalue weighted by Crippen LogP contribution is -2.42.